The molecule has 0 aliphatic carbocycles. The number of hydrogen-bond acceptors (Lipinski definition) is 3. The predicted octanol–water partition coefficient (Wildman–Crippen LogP) is 14.6. The van der Waals surface area contributed by atoms with E-state index >= 15 is 0 Å². The Kier molecular flexibility index (Phi) is 31.3. The van der Waals surface area contributed by atoms with Crippen LogP contribution in [0.5, 0.6) is 0 Å². The summed E-state index contributed by atoms with van der Waals surface area (Å²) >= 11 is 0. The maximum absolute atomic E-state index is 12.4. The molecule has 0 fully saturated rings. The number of rotatable bonds is 33. The number of allylic oxidation sites excluding steroid dienone is 1. The first-order chi connectivity index (χ1) is 26.3. The van der Waals surface area contributed by atoms with Crippen LogP contribution in [0.15, 0.2) is 72.8 Å². The highest BCUT2D eigenvalue weighted by atomic mass is 16.2. The topological polar surface area (TPSA) is 54.5 Å². The van der Waals surface area contributed by atoms with Crippen molar-refractivity contribution in [1.29, 1.82) is 0 Å². The molecule has 2 rings (SSSR count). The van der Waals surface area contributed by atoms with Crippen LogP contribution in [0.3, 0.4) is 0 Å². The lowest BCUT2D eigenvalue weighted by Crippen LogP contribution is -2.28. The number of carbonyl (C=O) groups is 3. The van der Waals surface area contributed by atoms with Crippen molar-refractivity contribution in [2.45, 2.75) is 200 Å². The first-order valence-corrected chi connectivity index (χ1v) is 22.4. The molecule has 1 amide bonds. The van der Waals surface area contributed by atoms with Crippen LogP contribution >= 0.6 is 0 Å². The average molecular weight is 744 g/mol. The van der Waals surface area contributed by atoms with E-state index in [2.05, 4.69) is 20.4 Å². The molecule has 0 aromatic heterocycles. The Morgan fingerprint density at radius 1 is 0.444 bits per heavy atom. The zero-order chi connectivity index (χ0) is 39.5. The van der Waals surface area contributed by atoms with Crippen molar-refractivity contribution in [3.63, 3.8) is 0 Å². The second kappa shape index (κ2) is 34.5. The molecule has 0 heterocycles. The van der Waals surface area contributed by atoms with Gasteiger partial charge in [-0.15, -0.1) is 0 Å². The zero-order valence-electron chi connectivity index (χ0n) is 35.5. The number of nitrogens with zero attached hydrogens (tertiary/aromatic N) is 1. The van der Waals surface area contributed by atoms with Gasteiger partial charge in [0.2, 0.25) is 5.91 Å². The fourth-order valence-corrected chi connectivity index (χ4v) is 7.09. The Morgan fingerprint density at radius 3 is 0.963 bits per heavy atom. The van der Waals surface area contributed by atoms with Crippen molar-refractivity contribution in [1.82, 2.24) is 4.90 Å². The van der Waals surface area contributed by atoms with Crippen molar-refractivity contribution in [2.75, 3.05) is 14.1 Å². The van der Waals surface area contributed by atoms with Gasteiger partial charge in [0.1, 0.15) is 0 Å². The number of carbonyl (C=O) groups excluding carboxylic acids is 3. The molecule has 0 aliphatic rings. The van der Waals surface area contributed by atoms with Crippen molar-refractivity contribution in [2.24, 2.45) is 0 Å². The molecule has 2 aromatic rings. The first kappa shape index (κ1) is 49.0. The molecule has 2 aromatic carbocycles. The van der Waals surface area contributed by atoms with Crippen LogP contribution in [0.4, 0.5) is 0 Å². The number of benzene rings is 2. The van der Waals surface area contributed by atoms with Crippen LogP contribution in [0.2, 0.25) is 0 Å². The summed E-state index contributed by atoms with van der Waals surface area (Å²) in [6, 6.07) is 19.8. The third kappa shape index (κ3) is 25.1. The Morgan fingerprint density at radius 2 is 0.704 bits per heavy atom. The van der Waals surface area contributed by atoms with Crippen LogP contribution in [-0.2, 0) is 14.4 Å². The van der Waals surface area contributed by atoms with E-state index in [9.17, 15) is 14.4 Å². The lowest BCUT2D eigenvalue weighted by atomic mass is 9.90. The molecular weight excluding hydrogens is 663 g/mol. The van der Waals surface area contributed by atoms with Gasteiger partial charge in [-0.25, -0.2) is 0 Å². The van der Waals surface area contributed by atoms with E-state index in [1.54, 1.807) is 19.0 Å². The summed E-state index contributed by atoms with van der Waals surface area (Å²) in [5, 5.41) is 0. The van der Waals surface area contributed by atoms with Crippen LogP contribution in [0, 0.1) is 0 Å². The van der Waals surface area contributed by atoms with Gasteiger partial charge in [0, 0.05) is 26.9 Å². The van der Waals surface area contributed by atoms with Gasteiger partial charge >= 0.3 is 0 Å². The summed E-state index contributed by atoms with van der Waals surface area (Å²) in [6.07, 6.45) is 34.8. The Balaban J connectivity index is 0.000000667. The highest BCUT2D eigenvalue weighted by molar-refractivity contribution is 6.19. The van der Waals surface area contributed by atoms with Gasteiger partial charge in [-0.05, 0) is 24.0 Å². The SMILES string of the molecule is C=C(C(=O)CCCCCCCCCCCCCCC)C(=O)CCCCCCCCCCCCCCC.CN(C)C(=O)C(c1ccccc1)c1ccccc1. The summed E-state index contributed by atoms with van der Waals surface area (Å²) in [5.74, 6) is -0.148. The number of ketones is 2. The van der Waals surface area contributed by atoms with E-state index in [4.69, 9.17) is 0 Å². The molecule has 0 saturated carbocycles. The smallest absolute Gasteiger partial charge is 0.234 e. The molecule has 304 valence electrons. The number of unbranched alkanes of at least 4 members (excludes halogenated alkanes) is 24. The summed E-state index contributed by atoms with van der Waals surface area (Å²) in [5.41, 5.74) is 2.32. The molecule has 0 N–H and O–H groups in total. The van der Waals surface area contributed by atoms with Gasteiger partial charge in [-0.2, -0.15) is 0 Å². The molecule has 0 spiro atoms. The number of amides is 1. The Bertz CT molecular complexity index is 1120. The van der Waals surface area contributed by atoms with Crippen molar-refractivity contribution < 1.29 is 14.4 Å². The molecular formula is C50H81NO3. The van der Waals surface area contributed by atoms with Crippen LogP contribution in [0.25, 0.3) is 0 Å². The molecule has 0 atom stereocenters. The summed E-state index contributed by atoms with van der Waals surface area (Å²) in [7, 11) is 3.59. The third-order valence-corrected chi connectivity index (χ3v) is 10.6. The van der Waals surface area contributed by atoms with Gasteiger partial charge in [-0.1, -0.05) is 235 Å². The largest absolute Gasteiger partial charge is 0.348 e. The predicted molar refractivity (Wildman–Crippen MR) is 233 cm³/mol. The highest BCUT2D eigenvalue weighted by Crippen LogP contribution is 2.26. The first-order valence-electron chi connectivity index (χ1n) is 22.4. The lowest BCUT2D eigenvalue weighted by Gasteiger charge is -2.21. The summed E-state index contributed by atoms with van der Waals surface area (Å²) in [4.78, 5) is 38.6. The van der Waals surface area contributed by atoms with Crippen LogP contribution in [0.1, 0.15) is 211 Å². The minimum atomic E-state index is -0.220. The molecule has 4 heteroatoms. The van der Waals surface area contributed by atoms with E-state index in [0.717, 1.165) is 36.8 Å². The van der Waals surface area contributed by atoms with E-state index in [-0.39, 0.29) is 29.0 Å². The van der Waals surface area contributed by atoms with Crippen LogP contribution < -0.4 is 0 Å². The quantitative estimate of drug-likeness (QED) is 0.0317. The minimum Gasteiger partial charge on any atom is -0.348 e. The van der Waals surface area contributed by atoms with Crippen LogP contribution in [-0.4, -0.2) is 36.5 Å². The lowest BCUT2D eigenvalue weighted by molar-refractivity contribution is -0.129. The normalized spacial score (nSPS) is 10.9. The molecule has 0 radical (unpaired) electrons. The maximum Gasteiger partial charge on any atom is 0.234 e. The van der Waals surface area contributed by atoms with E-state index < -0.39 is 0 Å². The van der Waals surface area contributed by atoms with Gasteiger partial charge in [0.05, 0.1) is 11.5 Å². The number of likely N-dealkylation sites (N-methyl/N-ethyl adjacent to an activating group) is 1. The average Bonchev–Trinajstić information content (AvgIpc) is 3.19. The maximum atomic E-state index is 12.4. The Labute approximate surface area is 333 Å². The van der Waals surface area contributed by atoms with Gasteiger partial charge in [-0.3, -0.25) is 14.4 Å². The second-order valence-electron chi connectivity index (χ2n) is 15.8. The molecule has 0 saturated heterocycles. The molecule has 0 aliphatic heterocycles. The van der Waals surface area contributed by atoms with Crippen molar-refractivity contribution in [3.05, 3.63) is 83.9 Å². The number of hydrogen-bond donors (Lipinski definition) is 0. The molecule has 4 nitrogen and oxygen atoms in total. The zero-order valence-corrected chi connectivity index (χ0v) is 35.5. The van der Waals surface area contributed by atoms with Crippen molar-refractivity contribution in [3.8, 4) is 0 Å². The summed E-state index contributed by atoms with van der Waals surface area (Å²) < 4.78 is 0. The second-order valence-corrected chi connectivity index (χ2v) is 15.8. The minimum absolute atomic E-state index is 0.0160. The van der Waals surface area contributed by atoms with E-state index in [0.29, 0.717) is 12.8 Å². The van der Waals surface area contributed by atoms with Gasteiger partial charge < -0.3 is 4.90 Å². The molecule has 54 heavy (non-hydrogen) atoms. The molecule has 0 unspecified atom stereocenters. The van der Waals surface area contributed by atoms with Gasteiger partial charge in [0.15, 0.2) is 11.6 Å². The fraction of sp³-hybridized carbons (Fsp3) is 0.660. The van der Waals surface area contributed by atoms with E-state index in [1.807, 2.05) is 60.7 Å². The highest BCUT2D eigenvalue weighted by Gasteiger charge is 2.23. The Hall–Kier alpha value is -3.01. The van der Waals surface area contributed by atoms with Gasteiger partial charge in [0.25, 0.3) is 0 Å². The standard InChI is InChI=1S/C34H64O2.C16H17NO/c1-4-6-8-10-12-14-16-18-20-22-24-26-28-30-33(35)32(3)34(36)31-29-27-25-23-21-19-17-15-13-11-9-7-5-2;1-17(2)16(18)15(13-9-5-3-6-10-13)14-11-7-4-8-12-14/h3-31H2,1-2H3;3-12,15H,1-2H3. The molecule has 0 bridgehead atoms. The number of Topliss-reactive ketones (excluding diaryl/α,β-unsaturated/α-hetero) is 2. The van der Waals surface area contributed by atoms with Crippen molar-refractivity contribution >= 4 is 17.5 Å². The van der Waals surface area contributed by atoms with E-state index in [1.165, 1.54) is 141 Å². The monoisotopic (exact) mass is 744 g/mol. The third-order valence-electron chi connectivity index (χ3n) is 10.6. The fourth-order valence-electron chi connectivity index (χ4n) is 7.09. The summed E-state index contributed by atoms with van der Waals surface area (Å²) in [6.45, 7) is 8.36.